The zero-order valence-electron chi connectivity index (χ0n) is 8.34. The van der Waals surface area contributed by atoms with Gasteiger partial charge < -0.3 is 4.40 Å². The molecule has 0 aliphatic heterocycles. The minimum atomic E-state index is 0.691. The van der Waals surface area contributed by atoms with Crippen LogP contribution in [0.15, 0.2) is 49.1 Å². The van der Waals surface area contributed by atoms with E-state index in [0.717, 1.165) is 16.9 Å². The van der Waals surface area contributed by atoms with Gasteiger partial charge in [-0.25, -0.2) is 4.98 Å². The second-order valence-electron chi connectivity index (χ2n) is 3.48. The van der Waals surface area contributed by atoms with Crippen LogP contribution in [0.3, 0.4) is 0 Å². The molecule has 0 radical (unpaired) electrons. The first-order valence-corrected chi connectivity index (χ1v) is 5.25. The van der Waals surface area contributed by atoms with Crippen LogP contribution in [0.4, 0.5) is 0 Å². The molecule has 0 amide bonds. The maximum Gasteiger partial charge on any atom is 0.138 e. The van der Waals surface area contributed by atoms with E-state index in [1.54, 1.807) is 12.4 Å². The van der Waals surface area contributed by atoms with Crippen LogP contribution in [-0.4, -0.2) is 14.4 Å². The minimum absolute atomic E-state index is 0.691. The summed E-state index contributed by atoms with van der Waals surface area (Å²) in [7, 11) is 0. The van der Waals surface area contributed by atoms with E-state index >= 15 is 0 Å². The molecular weight excluding hydrogens is 222 g/mol. The molecule has 0 atom stereocenters. The molecule has 0 aromatic carbocycles. The van der Waals surface area contributed by atoms with Crippen LogP contribution in [0, 0.1) is 0 Å². The molecule has 0 aliphatic carbocycles. The number of halogens is 1. The minimum Gasteiger partial charge on any atom is -0.306 e. The maximum absolute atomic E-state index is 5.91. The van der Waals surface area contributed by atoms with Gasteiger partial charge in [0.1, 0.15) is 5.65 Å². The first kappa shape index (κ1) is 9.36. The largest absolute Gasteiger partial charge is 0.306 e. The topological polar surface area (TPSA) is 30.2 Å². The Kier molecular flexibility index (Phi) is 2.11. The lowest BCUT2D eigenvalue weighted by molar-refractivity contribution is 1.19. The van der Waals surface area contributed by atoms with Gasteiger partial charge in [0.05, 0.1) is 5.69 Å². The smallest absolute Gasteiger partial charge is 0.138 e. The fourth-order valence-corrected chi connectivity index (χ4v) is 1.76. The number of fused-ring (bicyclic) bond motifs is 1. The van der Waals surface area contributed by atoms with Crippen molar-refractivity contribution in [1.29, 1.82) is 0 Å². The predicted octanol–water partition coefficient (Wildman–Crippen LogP) is 3.05. The molecule has 0 bridgehead atoms. The van der Waals surface area contributed by atoms with Gasteiger partial charge >= 0.3 is 0 Å². The lowest BCUT2D eigenvalue weighted by Crippen LogP contribution is -1.79. The van der Waals surface area contributed by atoms with E-state index in [1.165, 1.54) is 0 Å². The Morgan fingerprint density at radius 2 is 2.19 bits per heavy atom. The summed E-state index contributed by atoms with van der Waals surface area (Å²) in [5, 5.41) is 0.691. The van der Waals surface area contributed by atoms with Crippen LogP contribution in [0.5, 0.6) is 0 Å². The van der Waals surface area contributed by atoms with Crippen molar-refractivity contribution in [3.8, 4) is 11.3 Å². The molecule has 3 rings (SSSR count). The summed E-state index contributed by atoms with van der Waals surface area (Å²) < 4.78 is 1.94. The van der Waals surface area contributed by atoms with Gasteiger partial charge in [0.2, 0.25) is 0 Å². The number of rotatable bonds is 1. The highest BCUT2D eigenvalue weighted by Gasteiger charge is 2.03. The van der Waals surface area contributed by atoms with Gasteiger partial charge in [-0.05, 0) is 18.2 Å². The molecule has 0 saturated carbocycles. The highest BCUT2D eigenvalue weighted by atomic mass is 35.5. The number of imidazole rings is 1. The van der Waals surface area contributed by atoms with Crippen LogP contribution in [-0.2, 0) is 0 Å². The highest BCUT2D eigenvalue weighted by molar-refractivity contribution is 6.30. The third kappa shape index (κ3) is 1.55. The van der Waals surface area contributed by atoms with E-state index in [0.29, 0.717) is 5.02 Å². The van der Waals surface area contributed by atoms with E-state index in [-0.39, 0.29) is 0 Å². The van der Waals surface area contributed by atoms with E-state index in [4.69, 9.17) is 11.6 Å². The van der Waals surface area contributed by atoms with Crippen molar-refractivity contribution >= 4 is 17.2 Å². The summed E-state index contributed by atoms with van der Waals surface area (Å²) in [5.74, 6) is 0. The number of pyridine rings is 2. The Balaban J connectivity index is 2.19. The first-order valence-electron chi connectivity index (χ1n) is 4.87. The third-order valence-electron chi connectivity index (χ3n) is 2.38. The van der Waals surface area contributed by atoms with Gasteiger partial charge in [-0.15, -0.1) is 0 Å². The number of aromatic nitrogens is 3. The summed E-state index contributed by atoms with van der Waals surface area (Å²) in [6.07, 6.45) is 7.40. The average molecular weight is 230 g/mol. The lowest BCUT2D eigenvalue weighted by atomic mass is 10.2. The average Bonchev–Trinajstić information content (AvgIpc) is 2.73. The van der Waals surface area contributed by atoms with Gasteiger partial charge in [0.15, 0.2) is 0 Å². The van der Waals surface area contributed by atoms with Gasteiger partial charge in [-0.3, -0.25) is 4.98 Å². The maximum atomic E-state index is 5.91. The molecule has 16 heavy (non-hydrogen) atoms. The molecule has 0 unspecified atom stereocenters. The Labute approximate surface area is 97.3 Å². The summed E-state index contributed by atoms with van der Waals surface area (Å²) >= 11 is 5.91. The van der Waals surface area contributed by atoms with Crippen molar-refractivity contribution in [2.45, 2.75) is 0 Å². The molecule has 3 heterocycles. The first-order chi connectivity index (χ1) is 7.83. The van der Waals surface area contributed by atoms with Crippen molar-refractivity contribution < 1.29 is 0 Å². The van der Waals surface area contributed by atoms with Gasteiger partial charge in [-0.2, -0.15) is 0 Å². The zero-order chi connectivity index (χ0) is 11.0. The summed E-state index contributed by atoms with van der Waals surface area (Å²) in [5.41, 5.74) is 2.74. The fraction of sp³-hybridized carbons (Fsp3) is 0. The van der Waals surface area contributed by atoms with Crippen LogP contribution in [0.1, 0.15) is 0 Å². The second kappa shape index (κ2) is 3.61. The van der Waals surface area contributed by atoms with E-state index in [2.05, 4.69) is 9.97 Å². The molecular formula is C12H8ClN3. The SMILES string of the molecule is Clc1ccn2cc(-c3cccnc3)nc2c1. The normalized spacial score (nSPS) is 10.8. The molecule has 0 fully saturated rings. The molecule has 4 heteroatoms. The van der Waals surface area contributed by atoms with Gasteiger partial charge in [0.25, 0.3) is 0 Å². The Morgan fingerprint density at radius 1 is 1.25 bits per heavy atom. The molecule has 0 aliphatic rings. The Bertz CT molecular complexity index is 631. The third-order valence-corrected chi connectivity index (χ3v) is 2.61. The van der Waals surface area contributed by atoms with E-state index in [1.807, 2.05) is 41.1 Å². The fourth-order valence-electron chi connectivity index (χ4n) is 1.61. The summed E-state index contributed by atoms with van der Waals surface area (Å²) in [6.45, 7) is 0. The molecule has 3 nitrogen and oxygen atoms in total. The molecule has 0 spiro atoms. The van der Waals surface area contributed by atoms with Crippen molar-refractivity contribution in [3.05, 3.63) is 54.1 Å². The van der Waals surface area contributed by atoms with Crippen LogP contribution < -0.4 is 0 Å². The standard InChI is InChI=1S/C12H8ClN3/c13-10-3-5-16-8-11(15-12(16)6-10)9-2-1-4-14-7-9/h1-8H. The van der Waals surface area contributed by atoms with Gasteiger partial charge in [0, 0.05) is 41.4 Å². The monoisotopic (exact) mass is 229 g/mol. The lowest BCUT2D eigenvalue weighted by Gasteiger charge is -1.91. The molecule has 3 aromatic heterocycles. The van der Waals surface area contributed by atoms with E-state index < -0.39 is 0 Å². The van der Waals surface area contributed by atoms with Crippen LogP contribution in [0.25, 0.3) is 16.9 Å². The van der Waals surface area contributed by atoms with Gasteiger partial charge in [-0.1, -0.05) is 11.6 Å². The van der Waals surface area contributed by atoms with Crippen molar-refractivity contribution in [2.24, 2.45) is 0 Å². The number of nitrogens with zero attached hydrogens (tertiary/aromatic N) is 3. The molecule has 0 N–H and O–H groups in total. The highest BCUT2D eigenvalue weighted by Crippen LogP contribution is 2.19. The van der Waals surface area contributed by atoms with Crippen LogP contribution >= 0.6 is 11.6 Å². The molecule has 3 aromatic rings. The van der Waals surface area contributed by atoms with Crippen LogP contribution in [0.2, 0.25) is 5.02 Å². The Morgan fingerprint density at radius 3 is 3.00 bits per heavy atom. The van der Waals surface area contributed by atoms with Crippen molar-refractivity contribution in [2.75, 3.05) is 0 Å². The summed E-state index contributed by atoms with van der Waals surface area (Å²) in [6, 6.07) is 7.55. The van der Waals surface area contributed by atoms with E-state index in [9.17, 15) is 0 Å². The summed E-state index contributed by atoms with van der Waals surface area (Å²) in [4.78, 5) is 8.56. The van der Waals surface area contributed by atoms with Crippen molar-refractivity contribution in [3.63, 3.8) is 0 Å². The predicted molar refractivity (Wildman–Crippen MR) is 63.4 cm³/mol. The number of hydrogen-bond donors (Lipinski definition) is 0. The van der Waals surface area contributed by atoms with Crippen molar-refractivity contribution in [1.82, 2.24) is 14.4 Å². The quantitative estimate of drug-likeness (QED) is 0.642. The molecule has 0 saturated heterocycles. The molecule has 78 valence electrons. The second-order valence-corrected chi connectivity index (χ2v) is 3.91. The number of hydrogen-bond acceptors (Lipinski definition) is 2. The Hall–Kier alpha value is -1.87. The zero-order valence-corrected chi connectivity index (χ0v) is 9.09.